The Morgan fingerprint density at radius 1 is 1.00 bits per heavy atom. The van der Waals surface area contributed by atoms with Gasteiger partial charge in [0.2, 0.25) is 5.75 Å². The summed E-state index contributed by atoms with van der Waals surface area (Å²) < 4.78 is 55.8. The smallest absolute Gasteiger partial charge is 0.416 e. The van der Waals surface area contributed by atoms with E-state index < -0.39 is 41.7 Å². The van der Waals surface area contributed by atoms with Crippen molar-refractivity contribution in [1.29, 1.82) is 0 Å². The van der Waals surface area contributed by atoms with Crippen LogP contribution in [0.3, 0.4) is 0 Å². The lowest BCUT2D eigenvalue weighted by Gasteiger charge is -2.31. The van der Waals surface area contributed by atoms with E-state index in [4.69, 9.17) is 14.2 Å². The second kappa shape index (κ2) is 14.4. The first-order valence-corrected chi connectivity index (χ1v) is 14.4. The maximum absolute atomic E-state index is 13.4. The summed E-state index contributed by atoms with van der Waals surface area (Å²) >= 11 is 0. The van der Waals surface area contributed by atoms with E-state index in [1.165, 1.54) is 38.4 Å². The van der Waals surface area contributed by atoms with Gasteiger partial charge in [0.25, 0.3) is 5.91 Å². The number of alkyl halides is 3. The SMILES string of the molecule is COc1ccnc(C(=O)NC2CCCC(Cc3ccc(C(F)(F)F)cc3)C(Cc3ccccc3)C(C)OC2=O)c1OC(C)=O. The number of carbonyl (C=O) groups is 3. The van der Waals surface area contributed by atoms with E-state index in [1.807, 2.05) is 30.3 Å². The Hall–Kier alpha value is -4.41. The first-order valence-electron chi connectivity index (χ1n) is 14.4. The molecule has 1 aromatic heterocycles. The zero-order chi connectivity index (χ0) is 31.9. The number of amides is 1. The lowest BCUT2D eigenvalue weighted by Crippen LogP contribution is -2.43. The summed E-state index contributed by atoms with van der Waals surface area (Å²) in [5.74, 6) is -2.24. The molecule has 44 heavy (non-hydrogen) atoms. The molecule has 2 aromatic carbocycles. The quantitative estimate of drug-likeness (QED) is 0.313. The average molecular weight is 613 g/mol. The van der Waals surface area contributed by atoms with E-state index in [1.54, 1.807) is 6.92 Å². The number of nitrogens with zero attached hydrogens (tertiary/aromatic N) is 1. The number of hydrogen-bond acceptors (Lipinski definition) is 7. The Bertz CT molecular complexity index is 1450. The fourth-order valence-corrected chi connectivity index (χ4v) is 5.61. The molecule has 234 valence electrons. The summed E-state index contributed by atoms with van der Waals surface area (Å²) in [6.07, 6.45) is -1.14. The molecule has 3 aromatic rings. The number of cyclic esters (lactones) is 1. The first-order chi connectivity index (χ1) is 21.0. The summed E-state index contributed by atoms with van der Waals surface area (Å²) in [5.41, 5.74) is 0.872. The molecule has 1 saturated heterocycles. The summed E-state index contributed by atoms with van der Waals surface area (Å²) in [6, 6.07) is 15.3. The van der Waals surface area contributed by atoms with Crippen LogP contribution in [0.25, 0.3) is 0 Å². The molecule has 0 bridgehead atoms. The molecule has 0 saturated carbocycles. The fourth-order valence-electron chi connectivity index (χ4n) is 5.61. The van der Waals surface area contributed by atoms with Crippen LogP contribution >= 0.6 is 0 Å². The van der Waals surface area contributed by atoms with Crippen molar-refractivity contribution in [3.63, 3.8) is 0 Å². The lowest BCUT2D eigenvalue weighted by atomic mass is 9.77. The minimum Gasteiger partial charge on any atom is -0.493 e. The number of hydrogen-bond donors (Lipinski definition) is 1. The molecule has 1 fully saturated rings. The molecule has 4 atom stereocenters. The van der Waals surface area contributed by atoms with Gasteiger partial charge in [0, 0.05) is 25.1 Å². The molecule has 2 heterocycles. The number of methoxy groups -OCH3 is 1. The maximum atomic E-state index is 13.4. The van der Waals surface area contributed by atoms with E-state index in [-0.39, 0.29) is 35.4 Å². The molecule has 0 radical (unpaired) electrons. The zero-order valence-electron chi connectivity index (χ0n) is 24.7. The van der Waals surface area contributed by atoms with E-state index >= 15 is 0 Å². The third-order valence-electron chi connectivity index (χ3n) is 7.81. The molecular formula is C33H35F3N2O6. The van der Waals surface area contributed by atoms with Gasteiger partial charge in [-0.1, -0.05) is 48.9 Å². The highest BCUT2D eigenvalue weighted by molar-refractivity contribution is 5.98. The number of carbonyl (C=O) groups excluding carboxylic acids is 3. The molecule has 1 N–H and O–H groups in total. The summed E-state index contributed by atoms with van der Waals surface area (Å²) in [5, 5.41) is 2.69. The molecule has 0 aliphatic carbocycles. The van der Waals surface area contributed by atoms with Crippen LogP contribution in [0.4, 0.5) is 13.2 Å². The molecule has 8 nitrogen and oxygen atoms in total. The standard InChI is InChI=1S/C33H35F3N2O6/c1-20-26(19-22-8-5-4-6-9-22)24(18-23-12-14-25(15-13-23)33(34,35)36)10-7-11-27(32(41)43-20)38-31(40)29-30(44-21(2)39)28(42-3)16-17-37-29/h4-6,8-9,12-17,20,24,26-27H,7,10-11,18-19H2,1-3H3,(H,38,40). The zero-order valence-corrected chi connectivity index (χ0v) is 24.7. The van der Waals surface area contributed by atoms with Crippen molar-refractivity contribution >= 4 is 17.8 Å². The predicted octanol–water partition coefficient (Wildman–Crippen LogP) is 5.97. The number of aromatic nitrogens is 1. The average Bonchev–Trinajstić information content (AvgIpc) is 3.03. The minimum absolute atomic E-state index is 0.0279. The highest BCUT2D eigenvalue weighted by Crippen LogP contribution is 2.35. The Kier molecular flexibility index (Phi) is 10.6. The molecule has 11 heteroatoms. The number of rotatable bonds is 8. The van der Waals surface area contributed by atoms with Crippen LogP contribution < -0.4 is 14.8 Å². The van der Waals surface area contributed by atoms with Crippen LogP contribution in [0.5, 0.6) is 11.5 Å². The Labute approximate surface area is 253 Å². The maximum Gasteiger partial charge on any atom is 0.416 e. The minimum atomic E-state index is -4.42. The largest absolute Gasteiger partial charge is 0.493 e. The van der Waals surface area contributed by atoms with Crippen molar-refractivity contribution in [3.05, 3.63) is 89.2 Å². The second-order valence-corrected chi connectivity index (χ2v) is 10.9. The van der Waals surface area contributed by atoms with Crippen LogP contribution in [0, 0.1) is 11.8 Å². The monoisotopic (exact) mass is 612 g/mol. The Morgan fingerprint density at radius 2 is 1.68 bits per heavy atom. The molecular weight excluding hydrogens is 577 g/mol. The molecule has 1 aliphatic heterocycles. The number of esters is 2. The molecule has 4 rings (SSSR count). The predicted molar refractivity (Wildman–Crippen MR) is 155 cm³/mol. The van der Waals surface area contributed by atoms with E-state index in [0.717, 1.165) is 23.3 Å². The summed E-state index contributed by atoms with van der Waals surface area (Å²) in [4.78, 5) is 42.4. The van der Waals surface area contributed by atoms with Crippen molar-refractivity contribution in [1.82, 2.24) is 10.3 Å². The first kappa shape index (κ1) is 32.5. The van der Waals surface area contributed by atoms with E-state index in [9.17, 15) is 27.6 Å². The van der Waals surface area contributed by atoms with Crippen molar-refractivity contribution in [2.45, 2.75) is 64.3 Å². The van der Waals surface area contributed by atoms with Gasteiger partial charge in [-0.25, -0.2) is 9.78 Å². The number of halogens is 3. The topological polar surface area (TPSA) is 104 Å². The van der Waals surface area contributed by atoms with E-state index in [0.29, 0.717) is 25.7 Å². The number of benzene rings is 2. The fraction of sp³-hybridized carbons (Fsp3) is 0.394. The number of nitrogens with one attached hydrogen (secondary N) is 1. The van der Waals surface area contributed by atoms with Gasteiger partial charge in [-0.3, -0.25) is 9.59 Å². The molecule has 4 unspecified atom stereocenters. The van der Waals surface area contributed by atoms with Gasteiger partial charge >= 0.3 is 18.1 Å². The number of ether oxygens (including phenoxy) is 3. The van der Waals surface area contributed by atoms with Crippen LogP contribution in [-0.4, -0.2) is 42.1 Å². The van der Waals surface area contributed by atoms with Gasteiger partial charge in [-0.2, -0.15) is 13.2 Å². The second-order valence-electron chi connectivity index (χ2n) is 10.9. The van der Waals surface area contributed by atoms with Crippen LogP contribution in [0.1, 0.15) is 60.3 Å². The Morgan fingerprint density at radius 3 is 2.32 bits per heavy atom. The van der Waals surface area contributed by atoms with Gasteiger partial charge in [0.15, 0.2) is 11.4 Å². The highest BCUT2D eigenvalue weighted by atomic mass is 19.4. The third kappa shape index (κ3) is 8.36. The molecule has 1 amide bonds. The third-order valence-corrected chi connectivity index (χ3v) is 7.81. The van der Waals surface area contributed by atoms with Crippen molar-refractivity contribution < 1.29 is 41.8 Å². The molecule has 1 aliphatic rings. The van der Waals surface area contributed by atoms with Gasteiger partial charge < -0.3 is 19.5 Å². The Balaban J connectivity index is 1.57. The van der Waals surface area contributed by atoms with Crippen molar-refractivity contribution in [3.8, 4) is 11.5 Å². The highest BCUT2D eigenvalue weighted by Gasteiger charge is 2.36. The van der Waals surface area contributed by atoms with Gasteiger partial charge in [0.05, 0.1) is 12.7 Å². The van der Waals surface area contributed by atoms with Gasteiger partial charge in [-0.05, 0) is 61.8 Å². The summed E-state index contributed by atoms with van der Waals surface area (Å²) in [6.45, 7) is 2.98. The summed E-state index contributed by atoms with van der Waals surface area (Å²) in [7, 11) is 1.36. The lowest BCUT2D eigenvalue weighted by molar-refractivity contribution is -0.153. The van der Waals surface area contributed by atoms with Crippen LogP contribution in [0.15, 0.2) is 66.9 Å². The number of pyridine rings is 1. The van der Waals surface area contributed by atoms with Gasteiger partial charge in [-0.15, -0.1) is 0 Å². The normalized spacial score (nSPS) is 20.8. The van der Waals surface area contributed by atoms with Crippen molar-refractivity contribution in [2.24, 2.45) is 11.8 Å². The van der Waals surface area contributed by atoms with Crippen LogP contribution in [0.2, 0.25) is 0 Å². The molecule has 0 spiro atoms. The van der Waals surface area contributed by atoms with Gasteiger partial charge in [0.1, 0.15) is 12.1 Å². The van der Waals surface area contributed by atoms with E-state index in [2.05, 4.69) is 10.3 Å². The van der Waals surface area contributed by atoms with Crippen molar-refractivity contribution in [2.75, 3.05) is 7.11 Å². The van der Waals surface area contributed by atoms with Crippen LogP contribution in [-0.2, 0) is 33.3 Å².